The fourth-order valence-electron chi connectivity index (χ4n) is 2.26. The molecule has 3 rings (SSSR count). The maximum atomic E-state index is 11.3. The Bertz CT molecular complexity index is 968. The third-order valence-corrected chi connectivity index (χ3v) is 4.83. The summed E-state index contributed by atoms with van der Waals surface area (Å²) < 4.78 is 11.2. The molecule has 0 unspecified atom stereocenters. The number of aromatic hydroxyl groups is 1. The van der Waals surface area contributed by atoms with Crippen LogP contribution in [0.2, 0.25) is 10.0 Å². The molecule has 0 radical (unpaired) electrons. The lowest BCUT2D eigenvalue weighted by Crippen LogP contribution is -1.94. The number of nitrogens with one attached hydrogen (secondary N) is 1. The molecule has 5 nitrogen and oxygen atoms in total. The molecule has 1 heterocycles. The Labute approximate surface area is 157 Å². The molecular weight excluding hydrogens is 385 g/mol. The van der Waals surface area contributed by atoms with Crippen LogP contribution in [0, 0.1) is 0 Å². The summed E-state index contributed by atoms with van der Waals surface area (Å²) in [6.07, 6.45) is 0.362. The van der Waals surface area contributed by atoms with Crippen molar-refractivity contribution in [1.29, 1.82) is 0 Å². The highest BCUT2D eigenvalue weighted by Gasteiger charge is 2.13. The third-order valence-electron chi connectivity index (χ3n) is 3.43. The Morgan fingerprint density at radius 2 is 1.96 bits per heavy atom. The Kier molecular flexibility index (Phi) is 5.22. The van der Waals surface area contributed by atoms with E-state index in [0.29, 0.717) is 38.6 Å². The lowest BCUT2D eigenvalue weighted by atomic mass is 10.1. The van der Waals surface area contributed by atoms with Crippen molar-refractivity contribution >= 4 is 34.5 Å². The number of methoxy groups -OCH3 is 1. The van der Waals surface area contributed by atoms with Crippen LogP contribution in [0.3, 0.4) is 0 Å². The van der Waals surface area contributed by atoms with E-state index in [0.717, 1.165) is 16.9 Å². The van der Waals surface area contributed by atoms with Crippen molar-refractivity contribution in [3.05, 3.63) is 66.6 Å². The molecule has 2 aromatic carbocycles. The maximum Gasteiger partial charge on any atom is 0.307 e. The van der Waals surface area contributed by atoms with Crippen molar-refractivity contribution < 1.29 is 14.6 Å². The van der Waals surface area contributed by atoms with Crippen LogP contribution in [0.25, 0.3) is 0 Å². The molecule has 25 heavy (non-hydrogen) atoms. The highest BCUT2D eigenvalue weighted by molar-refractivity contribution is 7.09. The molecule has 2 N–H and O–H groups in total. The van der Waals surface area contributed by atoms with Crippen molar-refractivity contribution in [3.63, 3.8) is 0 Å². The molecule has 0 aliphatic rings. The molecule has 0 bridgehead atoms. The van der Waals surface area contributed by atoms with Gasteiger partial charge < -0.3 is 14.6 Å². The van der Waals surface area contributed by atoms with Gasteiger partial charge in [0.1, 0.15) is 17.2 Å². The van der Waals surface area contributed by atoms with E-state index >= 15 is 0 Å². The van der Waals surface area contributed by atoms with Crippen molar-refractivity contribution in [3.8, 4) is 23.1 Å². The molecule has 0 spiro atoms. The molecule has 0 amide bonds. The van der Waals surface area contributed by atoms with Gasteiger partial charge >= 0.3 is 4.87 Å². The van der Waals surface area contributed by atoms with Gasteiger partial charge in [-0.15, -0.1) is 0 Å². The average Bonchev–Trinajstić information content (AvgIpc) is 2.89. The molecule has 3 aromatic rings. The molecule has 8 heteroatoms. The van der Waals surface area contributed by atoms with Crippen LogP contribution in [0.1, 0.15) is 10.4 Å². The van der Waals surface area contributed by atoms with Crippen molar-refractivity contribution in [2.24, 2.45) is 0 Å². The highest BCUT2D eigenvalue weighted by atomic mass is 35.5. The second-order valence-corrected chi connectivity index (χ2v) is 7.02. The summed E-state index contributed by atoms with van der Waals surface area (Å²) >= 11 is 12.9. The Morgan fingerprint density at radius 3 is 2.60 bits per heavy atom. The fraction of sp³-hybridized carbons (Fsp3) is 0.118. The highest BCUT2D eigenvalue weighted by Crippen LogP contribution is 2.35. The smallest absolute Gasteiger partial charge is 0.307 e. The topological polar surface area (TPSA) is 71.5 Å². The number of benzene rings is 2. The zero-order valence-corrected chi connectivity index (χ0v) is 15.3. The molecule has 0 atom stereocenters. The molecule has 0 saturated heterocycles. The molecule has 1 aromatic heterocycles. The maximum absolute atomic E-state index is 11.3. The standard InChI is InChI=1S/C17H13Cl2NO4S/c1-23-14-8-11(24-13-5-3-10(18)7-12(13)19)4-2-9(14)6-15-16(21)20-17(22)25-15/h2-5,7-8,21H,6H2,1H3,(H,20,22). The van der Waals surface area contributed by atoms with Crippen LogP contribution in [-0.2, 0) is 6.42 Å². The van der Waals surface area contributed by atoms with Gasteiger partial charge in [0.05, 0.1) is 17.0 Å². The number of rotatable bonds is 5. The SMILES string of the molecule is COc1cc(Oc2ccc(Cl)cc2Cl)ccc1Cc1sc(=O)[nH]c1O. The molecule has 0 aliphatic heterocycles. The largest absolute Gasteiger partial charge is 0.496 e. The molecule has 0 fully saturated rings. The van der Waals surface area contributed by atoms with Crippen LogP contribution in [-0.4, -0.2) is 17.2 Å². The Balaban J connectivity index is 1.86. The number of ether oxygens (including phenoxy) is 2. The summed E-state index contributed by atoms with van der Waals surface area (Å²) in [4.78, 5) is 13.9. The monoisotopic (exact) mass is 397 g/mol. The summed E-state index contributed by atoms with van der Waals surface area (Å²) in [5, 5.41) is 10.6. The second kappa shape index (κ2) is 7.39. The lowest BCUT2D eigenvalue weighted by molar-refractivity contribution is 0.404. The quantitative estimate of drug-likeness (QED) is 0.645. The molecular formula is C17H13Cl2NO4S. The van der Waals surface area contributed by atoms with Gasteiger partial charge in [-0.1, -0.05) is 40.6 Å². The number of hydrogen-bond acceptors (Lipinski definition) is 5. The summed E-state index contributed by atoms with van der Waals surface area (Å²) in [5.41, 5.74) is 0.808. The number of halogens is 2. The van der Waals surface area contributed by atoms with E-state index in [9.17, 15) is 9.90 Å². The first-order chi connectivity index (χ1) is 12.0. The van der Waals surface area contributed by atoms with Gasteiger partial charge in [0.2, 0.25) is 5.88 Å². The van der Waals surface area contributed by atoms with E-state index in [1.54, 1.807) is 30.3 Å². The van der Waals surface area contributed by atoms with E-state index in [2.05, 4.69) is 4.98 Å². The van der Waals surface area contributed by atoms with Crippen molar-refractivity contribution in [2.75, 3.05) is 7.11 Å². The zero-order chi connectivity index (χ0) is 18.0. The lowest BCUT2D eigenvalue weighted by Gasteiger charge is -2.12. The van der Waals surface area contributed by atoms with Gasteiger partial charge in [-0.25, -0.2) is 0 Å². The molecule has 130 valence electrons. The van der Waals surface area contributed by atoms with E-state index in [4.69, 9.17) is 32.7 Å². The number of H-pyrrole nitrogens is 1. The van der Waals surface area contributed by atoms with Crippen molar-refractivity contribution in [2.45, 2.75) is 6.42 Å². The number of aromatic amines is 1. The first kappa shape index (κ1) is 17.7. The second-order valence-electron chi connectivity index (χ2n) is 5.11. The first-order valence-electron chi connectivity index (χ1n) is 7.17. The van der Waals surface area contributed by atoms with Gasteiger partial charge in [0.15, 0.2) is 0 Å². The summed E-state index contributed by atoms with van der Waals surface area (Å²) in [7, 11) is 1.54. The minimum Gasteiger partial charge on any atom is -0.496 e. The molecule has 0 aliphatic carbocycles. The normalized spacial score (nSPS) is 10.7. The van der Waals surface area contributed by atoms with Gasteiger partial charge in [-0.05, 0) is 29.8 Å². The first-order valence-corrected chi connectivity index (χ1v) is 8.74. The summed E-state index contributed by atoms with van der Waals surface area (Å²) in [5.74, 6) is 1.46. The predicted octanol–water partition coefficient (Wildman–Crippen LogP) is 4.84. The summed E-state index contributed by atoms with van der Waals surface area (Å²) in [6.45, 7) is 0. The number of hydrogen-bond donors (Lipinski definition) is 2. The van der Waals surface area contributed by atoms with Gasteiger partial charge in [0.25, 0.3) is 0 Å². The van der Waals surface area contributed by atoms with Gasteiger partial charge in [0, 0.05) is 17.5 Å². The van der Waals surface area contributed by atoms with Gasteiger partial charge in [-0.2, -0.15) is 0 Å². The van der Waals surface area contributed by atoms with Crippen LogP contribution in [0.5, 0.6) is 23.1 Å². The van der Waals surface area contributed by atoms with Gasteiger partial charge in [-0.3, -0.25) is 9.78 Å². The van der Waals surface area contributed by atoms with Crippen LogP contribution in [0.15, 0.2) is 41.2 Å². The van der Waals surface area contributed by atoms with E-state index in [-0.39, 0.29) is 10.8 Å². The minimum absolute atomic E-state index is 0.120. The van der Waals surface area contributed by atoms with E-state index in [1.165, 1.54) is 7.11 Å². The number of aromatic nitrogens is 1. The average molecular weight is 398 g/mol. The van der Waals surface area contributed by atoms with Crippen molar-refractivity contribution in [1.82, 2.24) is 4.98 Å². The third kappa shape index (κ3) is 4.10. The predicted molar refractivity (Wildman–Crippen MR) is 98.9 cm³/mol. The summed E-state index contributed by atoms with van der Waals surface area (Å²) in [6, 6.07) is 10.2. The minimum atomic E-state index is -0.302. The van der Waals surface area contributed by atoms with Crippen LogP contribution in [0.4, 0.5) is 0 Å². The fourth-order valence-corrected chi connectivity index (χ4v) is 3.46. The number of thiazole rings is 1. The Morgan fingerprint density at radius 1 is 1.16 bits per heavy atom. The molecule has 0 saturated carbocycles. The Hall–Kier alpha value is -2.15. The van der Waals surface area contributed by atoms with E-state index < -0.39 is 0 Å². The van der Waals surface area contributed by atoms with Crippen LogP contribution < -0.4 is 14.3 Å². The zero-order valence-electron chi connectivity index (χ0n) is 13.0. The van der Waals surface area contributed by atoms with Crippen LogP contribution >= 0.6 is 34.5 Å². The van der Waals surface area contributed by atoms with E-state index in [1.807, 2.05) is 6.07 Å².